The van der Waals surface area contributed by atoms with Crippen LogP contribution in [0.4, 0.5) is 5.82 Å². The monoisotopic (exact) mass is 328 g/mol. The summed E-state index contributed by atoms with van der Waals surface area (Å²) in [4.78, 5) is 16.9. The zero-order valence-corrected chi connectivity index (χ0v) is 15.0. The molecule has 2 aromatic rings. The molecule has 1 saturated heterocycles. The number of nitrogens with one attached hydrogen (secondary N) is 1. The predicted molar refractivity (Wildman–Crippen MR) is 98.9 cm³/mol. The Balaban J connectivity index is 1.77. The molecule has 0 aromatic carbocycles. The van der Waals surface area contributed by atoms with E-state index in [9.17, 15) is 4.79 Å². The van der Waals surface area contributed by atoms with E-state index in [4.69, 9.17) is 0 Å². The summed E-state index contributed by atoms with van der Waals surface area (Å²) in [6.07, 6.45) is 4.43. The molecule has 0 aliphatic carbocycles. The fourth-order valence-electron chi connectivity index (χ4n) is 3.21. The van der Waals surface area contributed by atoms with Gasteiger partial charge in [-0.1, -0.05) is 6.92 Å². The first-order valence-electron chi connectivity index (χ1n) is 8.83. The molecule has 1 amide bonds. The van der Waals surface area contributed by atoms with Crippen LogP contribution in [0.3, 0.4) is 0 Å². The highest BCUT2D eigenvalue weighted by Gasteiger charge is 2.18. The van der Waals surface area contributed by atoms with Crippen LogP contribution < -0.4 is 10.2 Å². The Morgan fingerprint density at radius 3 is 2.62 bits per heavy atom. The number of pyridine rings is 1. The molecule has 5 nitrogen and oxygen atoms in total. The van der Waals surface area contributed by atoms with E-state index in [1.54, 1.807) is 0 Å². The second-order valence-corrected chi connectivity index (χ2v) is 7.13. The molecule has 3 rings (SSSR count). The SMILES string of the molecule is CC1CCN(c2ccc3ccc(C(=O)NCCN(C)C)cn23)CC1. The molecule has 0 atom stereocenters. The zero-order valence-electron chi connectivity index (χ0n) is 15.0. The van der Waals surface area contributed by atoms with Crippen molar-refractivity contribution in [2.24, 2.45) is 5.92 Å². The lowest BCUT2D eigenvalue weighted by molar-refractivity contribution is 0.0950. The number of aromatic nitrogens is 1. The topological polar surface area (TPSA) is 40.0 Å². The van der Waals surface area contributed by atoms with Gasteiger partial charge in [0, 0.05) is 37.9 Å². The molecule has 0 spiro atoms. The van der Waals surface area contributed by atoms with Crippen LogP contribution in [0.1, 0.15) is 30.1 Å². The maximum atomic E-state index is 12.4. The third kappa shape index (κ3) is 3.73. The van der Waals surface area contributed by atoms with E-state index in [1.165, 1.54) is 18.7 Å². The number of hydrogen-bond donors (Lipinski definition) is 1. The highest BCUT2D eigenvalue weighted by molar-refractivity contribution is 5.94. The number of fused-ring (bicyclic) bond motifs is 1. The van der Waals surface area contributed by atoms with Crippen LogP contribution in [0.2, 0.25) is 0 Å². The Kier molecular flexibility index (Phi) is 5.09. The van der Waals surface area contributed by atoms with Gasteiger partial charge in [0.1, 0.15) is 5.82 Å². The summed E-state index contributed by atoms with van der Waals surface area (Å²) in [7, 11) is 4.01. The van der Waals surface area contributed by atoms with Crippen LogP contribution in [0.15, 0.2) is 30.5 Å². The molecule has 24 heavy (non-hydrogen) atoms. The quantitative estimate of drug-likeness (QED) is 0.916. The lowest BCUT2D eigenvalue weighted by Gasteiger charge is -2.31. The van der Waals surface area contributed by atoms with Crippen molar-refractivity contribution in [3.05, 3.63) is 36.0 Å². The van der Waals surface area contributed by atoms with Gasteiger partial charge in [-0.25, -0.2) is 0 Å². The van der Waals surface area contributed by atoms with Crippen LogP contribution in [0, 0.1) is 5.92 Å². The van der Waals surface area contributed by atoms with Gasteiger partial charge in [-0.2, -0.15) is 0 Å². The van der Waals surface area contributed by atoms with E-state index in [2.05, 4.69) is 38.6 Å². The second kappa shape index (κ2) is 7.26. The molecule has 1 N–H and O–H groups in total. The Morgan fingerprint density at radius 2 is 1.92 bits per heavy atom. The van der Waals surface area contributed by atoms with Gasteiger partial charge < -0.3 is 19.5 Å². The molecule has 0 radical (unpaired) electrons. The Bertz CT molecular complexity index is 698. The van der Waals surface area contributed by atoms with Crippen LogP contribution >= 0.6 is 0 Å². The average Bonchev–Trinajstić information content (AvgIpc) is 2.98. The van der Waals surface area contributed by atoms with Gasteiger partial charge in [0.15, 0.2) is 0 Å². The maximum Gasteiger partial charge on any atom is 0.252 e. The molecule has 130 valence electrons. The standard InChI is InChI=1S/C19H28N4O/c1-15-8-11-22(12-9-15)18-7-6-17-5-4-16(14-23(17)18)19(24)20-10-13-21(2)3/h4-7,14-15H,8-13H2,1-3H3,(H,20,24). The van der Waals surface area contributed by atoms with Gasteiger partial charge in [0.2, 0.25) is 0 Å². The van der Waals surface area contributed by atoms with Crippen molar-refractivity contribution in [2.45, 2.75) is 19.8 Å². The number of likely N-dealkylation sites (N-methyl/N-ethyl adjacent to an activating group) is 1. The van der Waals surface area contributed by atoms with Crippen molar-refractivity contribution in [2.75, 3.05) is 45.2 Å². The molecule has 0 saturated carbocycles. The van der Waals surface area contributed by atoms with Gasteiger partial charge in [-0.05, 0) is 57.1 Å². The summed E-state index contributed by atoms with van der Waals surface area (Å²) < 4.78 is 2.15. The van der Waals surface area contributed by atoms with Crippen molar-refractivity contribution in [1.82, 2.24) is 14.6 Å². The van der Waals surface area contributed by atoms with E-state index in [1.807, 2.05) is 32.4 Å². The summed E-state index contributed by atoms with van der Waals surface area (Å²) in [5.74, 6) is 2.00. The minimum absolute atomic E-state index is 0.00864. The van der Waals surface area contributed by atoms with Gasteiger partial charge >= 0.3 is 0 Å². The van der Waals surface area contributed by atoms with Gasteiger partial charge in [-0.15, -0.1) is 0 Å². The summed E-state index contributed by atoms with van der Waals surface area (Å²) >= 11 is 0. The van der Waals surface area contributed by atoms with Crippen molar-refractivity contribution in [3.63, 3.8) is 0 Å². The van der Waals surface area contributed by atoms with E-state index >= 15 is 0 Å². The van der Waals surface area contributed by atoms with Gasteiger partial charge in [0.25, 0.3) is 5.91 Å². The summed E-state index contributed by atoms with van der Waals surface area (Å²) in [5, 5.41) is 2.98. The average molecular weight is 328 g/mol. The Labute approximate surface area is 144 Å². The van der Waals surface area contributed by atoms with E-state index in [-0.39, 0.29) is 5.91 Å². The highest BCUT2D eigenvalue weighted by Crippen LogP contribution is 2.25. The smallest absolute Gasteiger partial charge is 0.252 e. The first kappa shape index (κ1) is 16.8. The molecule has 1 aliphatic rings. The third-order valence-corrected chi connectivity index (χ3v) is 4.84. The first-order valence-corrected chi connectivity index (χ1v) is 8.83. The minimum Gasteiger partial charge on any atom is -0.358 e. The minimum atomic E-state index is -0.00864. The van der Waals surface area contributed by atoms with Crippen LogP contribution in [0.25, 0.3) is 5.52 Å². The number of piperidine rings is 1. The van der Waals surface area contributed by atoms with Crippen LogP contribution in [-0.4, -0.2) is 55.5 Å². The lowest BCUT2D eigenvalue weighted by Crippen LogP contribution is -2.33. The summed E-state index contributed by atoms with van der Waals surface area (Å²) in [5.41, 5.74) is 1.84. The molecule has 0 unspecified atom stereocenters. The zero-order chi connectivity index (χ0) is 17.1. The van der Waals surface area contributed by atoms with E-state index < -0.39 is 0 Å². The molecular formula is C19H28N4O. The number of rotatable bonds is 5. The molecule has 1 aliphatic heterocycles. The molecule has 2 aromatic heterocycles. The van der Waals surface area contributed by atoms with Crippen LogP contribution in [-0.2, 0) is 0 Å². The molecule has 1 fully saturated rings. The third-order valence-electron chi connectivity index (χ3n) is 4.84. The number of hydrogen-bond acceptors (Lipinski definition) is 3. The maximum absolute atomic E-state index is 12.4. The number of nitrogens with zero attached hydrogens (tertiary/aromatic N) is 3. The fourth-order valence-corrected chi connectivity index (χ4v) is 3.21. The Morgan fingerprint density at radius 1 is 1.21 bits per heavy atom. The lowest BCUT2D eigenvalue weighted by atomic mass is 9.99. The Hall–Kier alpha value is -2.01. The van der Waals surface area contributed by atoms with Crippen molar-refractivity contribution >= 4 is 17.2 Å². The van der Waals surface area contributed by atoms with E-state index in [0.29, 0.717) is 12.1 Å². The molecule has 0 bridgehead atoms. The first-order chi connectivity index (χ1) is 11.5. The van der Waals surface area contributed by atoms with Gasteiger partial charge in [-0.3, -0.25) is 4.79 Å². The largest absolute Gasteiger partial charge is 0.358 e. The van der Waals surface area contributed by atoms with Crippen molar-refractivity contribution in [1.29, 1.82) is 0 Å². The van der Waals surface area contributed by atoms with Crippen molar-refractivity contribution in [3.8, 4) is 0 Å². The normalized spacial score (nSPS) is 16.1. The number of anilines is 1. The fraction of sp³-hybridized carbons (Fsp3) is 0.526. The number of carbonyl (C=O) groups is 1. The van der Waals surface area contributed by atoms with E-state index in [0.717, 1.165) is 31.1 Å². The molecule has 3 heterocycles. The van der Waals surface area contributed by atoms with Gasteiger partial charge in [0.05, 0.1) is 5.56 Å². The molecule has 5 heteroatoms. The predicted octanol–water partition coefficient (Wildman–Crippen LogP) is 2.47. The van der Waals surface area contributed by atoms with Crippen molar-refractivity contribution < 1.29 is 4.79 Å². The number of amides is 1. The number of carbonyl (C=O) groups excluding carboxylic acids is 1. The highest BCUT2D eigenvalue weighted by atomic mass is 16.1. The second-order valence-electron chi connectivity index (χ2n) is 7.13. The molecular weight excluding hydrogens is 300 g/mol. The van der Waals surface area contributed by atoms with Crippen LogP contribution in [0.5, 0.6) is 0 Å². The summed E-state index contributed by atoms with van der Waals surface area (Å²) in [6.45, 7) is 6.00. The summed E-state index contributed by atoms with van der Waals surface area (Å²) in [6, 6.07) is 8.22.